The number of carbonyl (C=O) groups is 2. The average Bonchev–Trinajstić information content (AvgIpc) is 2.92. The molecule has 1 fully saturated rings. The van der Waals surface area contributed by atoms with Crippen LogP contribution in [-0.2, 0) is 4.79 Å². The summed E-state index contributed by atoms with van der Waals surface area (Å²) in [6.45, 7) is 0.276. The highest BCUT2D eigenvalue weighted by molar-refractivity contribution is 8.00. The molecule has 0 aliphatic heterocycles. The molecule has 2 amide bonds. The fourth-order valence-electron chi connectivity index (χ4n) is 1.05. The van der Waals surface area contributed by atoms with Crippen LogP contribution < -0.4 is 10.6 Å². The molecule has 0 saturated heterocycles. The molecule has 0 heterocycles. The van der Waals surface area contributed by atoms with Crippen LogP contribution in [0.1, 0.15) is 12.8 Å². The standard InChI is InChI=1S/C8H14N2O3S/c1-14-8(2-3-8)5-10-7(13)9-4-6(11)12/h2-5H2,1H3,(H,11,12)(H2,9,10,13). The van der Waals surface area contributed by atoms with Crippen LogP contribution in [0.5, 0.6) is 0 Å². The molecular formula is C8H14N2O3S. The van der Waals surface area contributed by atoms with E-state index in [2.05, 4.69) is 10.6 Å². The number of carbonyl (C=O) groups excluding carboxylic acids is 1. The zero-order valence-corrected chi connectivity index (χ0v) is 8.82. The van der Waals surface area contributed by atoms with Gasteiger partial charge in [-0.05, 0) is 19.1 Å². The smallest absolute Gasteiger partial charge is 0.323 e. The van der Waals surface area contributed by atoms with Gasteiger partial charge in [-0.3, -0.25) is 4.79 Å². The normalized spacial score (nSPS) is 17.2. The number of nitrogens with one attached hydrogen (secondary N) is 2. The van der Waals surface area contributed by atoms with Crippen molar-refractivity contribution < 1.29 is 14.7 Å². The maximum atomic E-state index is 11.0. The van der Waals surface area contributed by atoms with Crippen LogP contribution in [0.2, 0.25) is 0 Å². The molecule has 1 aliphatic rings. The number of carboxylic acid groups (broad SMARTS) is 1. The number of thioether (sulfide) groups is 1. The van der Waals surface area contributed by atoms with Crippen LogP contribution in [-0.4, -0.2) is 41.2 Å². The molecule has 0 radical (unpaired) electrons. The van der Waals surface area contributed by atoms with Crippen molar-refractivity contribution in [1.82, 2.24) is 10.6 Å². The number of carboxylic acids is 1. The molecule has 0 unspecified atom stereocenters. The summed E-state index contributed by atoms with van der Waals surface area (Å²) >= 11 is 1.75. The van der Waals surface area contributed by atoms with Gasteiger partial charge in [0.2, 0.25) is 0 Å². The van der Waals surface area contributed by atoms with Crippen molar-refractivity contribution in [3.8, 4) is 0 Å². The van der Waals surface area contributed by atoms with Gasteiger partial charge in [0.05, 0.1) is 0 Å². The molecule has 1 aliphatic carbocycles. The van der Waals surface area contributed by atoms with Crippen LogP contribution in [0, 0.1) is 0 Å². The average molecular weight is 218 g/mol. The van der Waals surface area contributed by atoms with Crippen LogP contribution in [0.4, 0.5) is 4.79 Å². The zero-order chi connectivity index (χ0) is 10.6. The lowest BCUT2D eigenvalue weighted by atomic mass is 10.4. The van der Waals surface area contributed by atoms with Gasteiger partial charge in [0, 0.05) is 11.3 Å². The number of rotatable bonds is 5. The van der Waals surface area contributed by atoms with Gasteiger partial charge in [0.1, 0.15) is 6.54 Å². The van der Waals surface area contributed by atoms with Gasteiger partial charge in [-0.15, -0.1) is 0 Å². The Bertz CT molecular complexity index is 241. The van der Waals surface area contributed by atoms with Crippen molar-refractivity contribution in [3.63, 3.8) is 0 Å². The second-order valence-corrected chi connectivity index (χ2v) is 4.59. The summed E-state index contributed by atoms with van der Waals surface area (Å²) in [4.78, 5) is 21.2. The largest absolute Gasteiger partial charge is 0.480 e. The summed E-state index contributed by atoms with van der Waals surface area (Å²) in [5.41, 5.74) is 0. The highest BCUT2D eigenvalue weighted by Crippen LogP contribution is 2.46. The summed E-state index contributed by atoms with van der Waals surface area (Å²) in [6, 6.07) is -0.410. The second-order valence-electron chi connectivity index (χ2n) is 3.32. The van der Waals surface area contributed by atoms with E-state index < -0.39 is 12.0 Å². The Kier molecular flexibility index (Phi) is 3.62. The molecule has 0 aromatic carbocycles. The van der Waals surface area contributed by atoms with Crippen molar-refractivity contribution in [1.29, 1.82) is 0 Å². The van der Waals surface area contributed by atoms with Crippen molar-refractivity contribution in [2.24, 2.45) is 0 Å². The van der Waals surface area contributed by atoms with E-state index in [-0.39, 0.29) is 11.3 Å². The fraction of sp³-hybridized carbons (Fsp3) is 0.750. The molecule has 6 heteroatoms. The third-order valence-corrected chi connectivity index (χ3v) is 3.63. The van der Waals surface area contributed by atoms with E-state index in [0.717, 1.165) is 12.8 Å². The fourth-order valence-corrected chi connectivity index (χ4v) is 1.78. The molecular weight excluding hydrogens is 204 g/mol. The highest BCUT2D eigenvalue weighted by atomic mass is 32.2. The maximum absolute atomic E-state index is 11.0. The predicted octanol–water partition coefficient (Wildman–Crippen LogP) is 0.266. The van der Waals surface area contributed by atoms with Crippen molar-refractivity contribution in [2.75, 3.05) is 19.3 Å². The van der Waals surface area contributed by atoms with Gasteiger partial charge >= 0.3 is 12.0 Å². The number of hydrogen-bond acceptors (Lipinski definition) is 3. The van der Waals surface area contributed by atoms with Gasteiger partial charge in [0.15, 0.2) is 0 Å². The minimum absolute atomic E-state index is 0.209. The molecule has 0 spiro atoms. The van der Waals surface area contributed by atoms with Crippen molar-refractivity contribution >= 4 is 23.8 Å². The van der Waals surface area contributed by atoms with E-state index in [1.54, 1.807) is 11.8 Å². The third-order valence-electron chi connectivity index (χ3n) is 2.21. The van der Waals surface area contributed by atoms with E-state index in [1.165, 1.54) is 0 Å². The Morgan fingerprint density at radius 1 is 1.43 bits per heavy atom. The van der Waals surface area contributed by atoms with Gasteiger partial charge in [0.25, 0.3) is 0 Å². The Hall–Kier alpha value is -0.910. The van der Waals surface area contributed by atoms with E-state index in [4.69, 9.17) is 5.11 Å². The first-order chi connectivity index (χ1) is 6.58. The molecule has 0 aromatic heterocycles. The van der Waals surface area contributed by atoms with Crippen LogP contribution in [0.15, 0.2) is 0 Å². The third kappa shape index (κ3) is 3.45. The molecule has 0 atom stereocenters. The lowest BCUT2D eigenvalue weighted by Gasteiger charge is -2.12. The lowest BCUT2D eigenvalue weighted by molar-refractivity contribution is -0.135. The van der Waals surface area contributed by atoms with E-state index >= 15 is 0 Å². The number of hydrogen-bond donors (Lipinski definition) is 3. The molecule has 0 bridgehead atoms. The molecule has 80 valence electrons. The molecule has 3 N–H and O–H groups in total. The second kappa shape index (κ2) is 4.54. The monoisotopic (exact) mass is 218 g/mol. The van der Waals surface area contributed by atoms with Crippen LogP contribution in [0.25, 0.3) is 0 Å². The summed E-state index contributed by atoms with van der Waals surface area (Å²) in [7, 11) is 0. The van der Waals surface area contributed by atoms with Crippen LogP contribution >= 0.6 is 11.8 Å². The number of urea groups is 1. The number of amides is 2. The zero-order valence-electron chi connectivity index (χ0n) is 8.00. The SMILES string of the molecule is CSC1(CNC(=O)NCC(=O)O)CC1. The van der Waals surface area contributed by atoms with E-state index in [0.29, 0.717) is 6.54 Å². The molecule has 1 rings (SSSR count). The van der Waals surface area contributed by atoms with Gasteiger partial charge in [-0.2, -0.15) is 11.8 Å². The van der Waals surface area contributed by atoms with Crippen molar-refractivity contribution in [3.05, 3.63) is 0 Å². The highest BCUT2D eigenvalue weighted by Gasteiger charge is 2.41. The first-order valence-electron chi connectivity index (χ1n) is 4.37. The summed E-state index contributed by atoms with van der Waals surface area (Å²) in [5.74, 6) is -1.04. The van der Waals surface area contributed by atoms with E-state index in [1.807, 2.05) is 6.26 Å². The number of aliphatic carboxylic acids is 1. The molecule has 5 nitrogen and oxygen atoms in total. The quantitative estimate of drug-likeness (QED) is 0.618. The minimum atomic E-state index is -1.04. The molecule has 14 heavy (non-hydrogen) atoms. The summed E-state index contributed by atoms with van der Waals surface area (Å²) in [5, 5.41) is 13.2. The maximum Gasteiger partial charge on any atom is 0.323 e. The summed E-state index contributed by atoms with van der Waals surface area (Å²) < 4.78 is 0.209. The van der Waals surface area contributed by atoms with Crippen molar-refractivity contribution in [2.45, 2.75) is 17.6 Å². The summed E-state index contributed by atoms with van der Waals surface area (Å²) in [6.07, 6.45) is 4.25. The van der Waals surface area contributed by atoms with E-state index in [9.17, 15) is 9.59 Å². The molecule has 0 aromatic rings. The first-order valence-corrected chi connectivity index (χ1v) is 5.59. The Labute approximate surface area is 86.6 Å². The Balaban J connectivity index is 2.12. The van der Waals surface area contributed by atoms with Gasteiger partial charge < -0.3 is 15.7 Å². The van der Waals surface area contributed by atoms with Gasteiger partial charge in [-0.1, -0.05) is 0 Å². The Morgan fingerprint density at radius 3 is 2.50 bits per heavy atom. The minimum Gasteiger partial charge on any atom is -0.480 e. The van der Waals surface area contributed by atoms with Crippen LogP contribution in [0.3, 0.4) is 0 Å². The topological polar surface area (TPSA) is 78.4 Å². The Morgan fingerprint density at radius 2 is 2.07 bits per heavy atom. The van der Waals surface area contributed by atoms with Gasteiger partial charge in [-0.25, -0.2) is 4.79 Å². The lowest BCUT2D eigenvalue weighted by Crippen LogP contribution is -2.41. The predicted molar refractivity (Wildman–Crippen MR) is 54.5 cm³/mol. The first kappa shape index (κ1) is 11.2. The molecule has 1 saturated carbocycles.